The molecule has 1 rings (SSSR count). The van der Waals surface area contributed by atoms with E-state index in [4.69, 9.17) is 0 Å². The number of rotatable bonds is 3. The van der Waals surface area contributed by atoms with Crippen LogP contribution >= 0.6 is 0 Å². The molecule has 0 aromatic heterocycles. The van der Waals surface area contributed by atoms with Crippen LogP contribution in [-0.2, 0) is 4.79 Å². The van der Waals surface area contributed by atoms with Crippen molar-refractivity contribution in [2.45, 2.75) is 53.9 Å². The Morgan fingerprint density at radius 1 is 1.38 bits per heavy atom. The van der Waals surface area contributed by atoms with E-state index in [1.165, 1.54) is 6.42 Å². The number of allylic oxidation sites excluding steroid dienone is 2. The Hall–Kier alpha value is -0.590. The van der Waals surface area contributed by atoms with E-state index in [9.17, 15) is 4.79 Å². The average molecular weight is 222 g/mol. The predicted molar refractivity (Wildman–Crippen MR) is 69.3 cm³/mol. The topological polar surface area (TPSA) is 17.1 Å². The third kappa shape index (κ3) is 3.77. The lowest BCUT2D eigenvalue weighted by molar-refractivity contribution is -0.115. The molecule has 0 aromatic carbocycles. The summed E-state index contributed by atoms with van der Waals surface area (Å²) < 4.78 is 0. The Labute approximate surface area is 100 Å². The standard InChI is InChI=1S/C15H26O/c1-11(2)10-14(15(3,4)5)12-6-8-13(16)9-7-12/h6,8,11-12,14H,7,9-10H2,1-5H3. The molecule has 92 valence electrons. The fourth-order valence-corrected chi connectivity index (χ4v) is 2.73. The molecule has 0 fully saturated rings. The van der Waals surface area contributed by atoms with Gasteiger partial charge in [0.25, 0.3) is 0 Å². The second-order valence-electron chi connectivity index (χ2n) is 6.63. The number of hydrogen-bond acceptors (Lipinski definition) is 1. The van der Waals surface area contributed by atoms with E-state index < -0.39 is 0 Å². The number of hydrogen-bond donors (Lipinski definition) is 0. The monoisotopic (exact) mass is 222 g/mol. The van der Waals surface area contributed by atoms with Crippen molar-refractivity contribution in [2.75, 3.05) is 0 Å². The Balaban J connectivity index is 2.77. The molecule has 0 aromatic rings. The molecule has 0 heterocycles. The highest BCUT2D eigenvalue weighted by Gasteiger charge is 2.32. The van der Waals surface area contributed by atoms with E-state index >= 15 is 0 Å². The SMILES string of the molecule is CC(C)CC(C1C=CC(=O)CC1)C(C)(C)C. The highest BCUT2D eigenvalue weighted by atomic mass is 16.1. The molecule has 0 spiro atoms. The summed E-state index contributed by atoms with van der Waals surface area (Å²) >= 11 is 0. The van der Waals surface area contributed by atoms with Crippen LogP contribution in [0.1, 0.15) is 53.9 Å². The first-order chi connectivity index (χ1) is 7.30. The van der Waals surface area contributed by atoms with Crippen LogP contribution < -0.4 is 0 Å². The van der Waals surface area contributed by atoms with Gasteiger partial charge in [0.15, 0.2) is 5.78 Å². The zero-order valence-corrected chi connectivity index (χ0v) is 11.4. The van der Waals surface area contributed by atoms with E-state index in [1.807, 2.05) is 0 Å². The average Bonchev–Trinajstić information content (AvgIpc) is 2.14. The molecule has 0 radical (unpaired) electrons. The van der Waals surface area contributed by atoms with Gasteiger partial charge >= 0.3 is 0 Å². The van der Waals surface area contributed by atoms with Gasteiger partial charge in [-0.25, -0.2) is 0 Å². The van der Waals surface area contributed by atoms with Crippen molar-refractivity contribution >= 4 is 5.78 Å². The molecule has 0 N–H and O–H groups in total. The molecule has 2 unspecified atom stereocenters. The summed E-state index contributed by atoms with van der Waals surface area (Å²) in [5.74, 6) is 2.32. The van der Waals surface area contributed by atoms with E-state index in [-0.39, 0.29) is 0 Å². The maximum absolute atomic E-state index is 11.2. The first-order valence-corrected chi connectivity index (χ1v) is 6.51. The minimum absolute atomic E-state index is 0.299. The maximum Gasteiger partial charge on any atom is 0.155 e. The largest absolute Gasteiger partial charge is 0.295 e. The van der Waals surface area contributed by atoms with E-state index in [1.54, 1.807) is 6.08 Å². The highest BCUT2D eigenvalue weighted by Crippen LogP contribution is 2.40. The minimum Gasteiger partial charge on any atom is -0.295 e. The summed E-state index contributed by atoms with van der Waals surface area (Å²) in [6, 6.07) is 0. The van der Waals surface area contributed by atoms with Gasteiger partial charge in [0.2, 0.25) is 0 Å². The van der Waals surface area contributed by atoms with Crippen LogP contribution in [0.15, 0.2) is 12.2 Å². The summed E-state index contributed by atoms with van der Waals surface area (Å²) in [7, 11) is 0. The predicted octanol–water partition coefficient (Wildman–Crippen LogP) is 4.23. The lowest BCUT2D eigenvalue weighted by atomic mass is 9.67. The Morgan fingerprint density at radius 3 is 2.38 bits per heavy atom. The van der Waals surface area contributed by atoms with Crippen molar-refractivity contribution < 1.29 is 4.79 Å². The van der Waals surface area contributed by atoms with Crippen molar-refractivity contribution in [1.82, 2.24) is 0 Å². The second-order valence-corrected chi connectivity index (χ2v) is 6.63. The summed E-state index contributed by atoms with van der Waals surface area (Å²) in [4.78, 5) is 11.2. The van der Waals surface area contributed by atoms with E-state index in [2.05, 4.69) is 40.7 Å². The van der Waals surface area contributed by atoms with Crippen molar-refractivity contribution in [2.24, 2.45) is 23.2 Å². The van der Waals surface area contributed by atoms with Crippen LogP contribution in [0.2, 0.25) is 0 Å². The molecule has 1 aliphatic carbocycles. The molecule has 0 aliphatic heterocycles. The van der Waals surface area contributed by atoms with E-state index in [0.29, 0.717) is 23.0 Å². The highest BCUT2D eigenvalue weighted by molar-refractivity contribution is 5.90. The summed E-state index contributed by atoms with van der Waals surface area (Å²) in [6.07, 6.45) is 7.00. The molecule has 0 saturated carbocycles. The zero-order valence-electron chi connectivity index (χ0n) is 11.4. The van der Waals surface area contributed by atoms with Crippen LogP contribution in [-0.4, -0.2) is 5.78 Å². The molecule has 16 heavy (non-hydrogen) atoms. The molecule has 1 aliphatic rings. The first-order valence-electron chi connectivity index (χ1n) is 6.51. The van der Waals surface area contributed by atoms with Crippen LogP contribution in [0.5, 0.6) is 0 Å². The Kier molecular flexibility index (Phi) is 4.35. The second kappa shape index (κ2) is 5.16. The maximum atomic E-state index is 11.2. The van der Waals surface area contributed by atoms with Crippen LogP contribution in [0.25, 0.3) is 0 Å². The fourth-order valence-electron chi connectivity index (χ4n) is 2.73. The van der Waals surface area contributed by atoms with Gasteiger partial charge in [-0.1, -0.05) is 40.7 Å². The summed E-state index contributed by atoms with van der Waals surface area (Å²) in [5.41, 5.74) is 0.333. The van der Waals surface area contributed by atoms with Crippen molar-refractivity contribution in [3.05, 3.63) is 12.2 Å². The van der Waals surface area contributed by atoms with Gasteiger partial charge in [0.05, 0.1) is 0 Å². The number of carbonyl (C=O) groups is 1. The van der Waals surface area contributed by atoms with E-state index in [0.717, 1.165) is 18.8 Å². The van der Waals surface area contributed by atoms with Gasteiger partial charge < -0.3 is 0 Å². The van der Waals surface area contributed by atoms with Crippen molar-refractivity contribution in [3.8, 4) is 0 Å². The summed E-state index contributed by atoms with van der Waals surface area (Å²) in [6.45, 7) is 11.5. The van der Waals surface area contributed by atoms with Gasteiger partial charge in [0.1, 0.15) is 0 Å². The van der Waals surface area contributed by atoms with Crippen LogP contribution in [0, 0.1) is 23.2 Å². The van der Waals surface area contributed by atoms with Gasteiger partial charge in [-0.3, -0.25) is 4.79 Å². The number of carbonyl (C=O) groups excluding carboxylic acids is 1. The van der Waals surface area contributed by atoms with Crippen molar-refractivity contribution in [1.29, 1.82) is 0 Å². The molecule has 0 amide bonds. The third-order valence-electron chi connectivity index (χ3n) is 3.61. The van der Waals surface area contributed by atoms with Gasteiger partial charge in [-0.05, 0) is 42.1 Å². The Morgan fingerprint density at radius 2 is 2.00 bits per heavy atom. The normalized spacial score (nSPS) is 23.9. The van der Waals surface area contributed by atoms with Crippen LogP contribution in [0.4, 0.5) is 0 Å². The molecule has 0 saturated heterocycles. The fraction of sp³-hybridized carbons (Fsp3) is 0.800. The summed E-state index contributed by atoms with van der Waals surface area (Å²) in [5, 5.41) is 0. The molecule has 1 nitrogen and oxygen atoms in total. The molecular formula is C15H26O. The lowest BCUT2D eigenvalue weighted by Gasteiger charge is -2.38. The molecule has 2 atom stereocenters. The van der Waals surface area contributed by atoms with Gasteiger partial charge in [0, 0.05) is 6.42 Å². The van der Waals surface area contributed by atoms with Gasteiger partial charge in [-0.15, -0.1) is 0 Å². The minimum atomic E-state index is 0.299. The molecular weight excluding hydrogens is 196 g/mol. The van der Waals surface area contributed by atoms with Crippen LogP contribution in [0.3, 0.4) is 0 Å². The van der Waals surface area contributed by atoms with Gasteiger partial charge in [-0.2, -0.15) is 0 Å². The molecule has 0 bridgehead atoms. The number of ketones is 1. The molecule has 1 heteroatoms. The quantitative estimate of drug-likeness (QED) is 0.698. The van der Waals surface area contributed by atoms with Crippen molar-refractivity contribution in [3.63, 3.8) is 0 Å². The zero-order chi connectivity index (χ0) is 12.3. The first kappa shape index (κ1) is 13.5. The Bertz CT molecular complexity index is 268. The lowest BCUT2D eigenvalue weighted by Crippen LogP contribution is -2.30. The third-order valence-corrected chi connectivity index (χ3v) is 3.61. The smallest absolute Gasteiger partial charge is 0.155 e.